The Kier molecular flexibility index (Phi) is 8.38. The molecule has 28 heavy (non-hydrogen) atoms. The number of unbranched alkanes of at least 4 members (excludes halogenated alkanes) is 6. The lowest BCUT2D eigenvalue weighted by Gasteiger charge is -2.20. The summed E-state index contributed by atoms with van der Waals surface area (Å²) in [4.78, 5) is 17.4. The lowest BCUT2D eigenvalue weighted by Crippen LogP contribution is -2.32. The van der Waals surface area contributed by atoms with Gasteiger partial charge in [0, 0.05) is 12.5 Å². The van der Waals surface area contributed by atoms with Crippen LogP contribution in [0.25, 0.3) is 11.0 Å². The third-order valence-electron chi connectivity index (χ3n) is 6.12. The van der Waals surface area contributed by atoms with Crippen LogP contribution in [0.2, 0.25) is 0 Å². The zero-order chi connectivity index (χ0) is 19.6. The van der Waals surface area contributed by atoms with E-state index in [1.807, 2.05) is 6.07 Å². The van der Waals surface area contributed by atoms with E-state index >= 15 is 0 Å². The molecule has 0 bridgehead atoms. The number of para-hydroxylation sites is 2. The highest BCUT2D eigenvalue weighted by atomic mass is 16.1. The first-order valence-corrected chi connectivity index (χ1v) is 11.5. The topological polar surface area (TPSA) is 46.9 Å². The number of nitrogens with one attached hydrogen (secondary N) is 1. The first kappa shape index (κ1) is 20.9. The molecule has 0 atom stereocenters. The van der Waals surface area contributed by atoms with Crippen LogP contribution in [0.4, 0.5) is 0 Å². The molecule has 1 fully saturated rings. The lowest BCUT2D eigenvalue weighted by atomic mass is 9.89. The summed E-state index contributed by atoms with van der Waals surface area (Å²) in [5, 5.41) is 3.17. The predicted octanol–water partition coefficient (Wildman–Crippen LogP) is 5.98. The molecule has 0 radical (unpaired) electrons. The Morgan fingerprint density at radius 1 is 1.04 bits per heavy atom. The fourth-order valence-corrected chi connectivity index (χ4v) is 4.41. The van der Waals surface area contributed by atoms with E-state index in [4.69, 9.17) is 4.98 Å². The monoisotopic (exact) mass is 383 g/mol. The van der Waals surface area contributed by atoms with Gasteiger partial charge in [0.1, 0.15) is 5.82 Å². The van der Waals surface area contributed by atoms with E-state index in [1.54, 1.807) is 0 Å². The number of imidazole rings is 1. The summed E-state index contributed by atoms with van der Waals surface area (Å²) in [5.41, 5.74) is 2.22. The maximum Gasteiger partial charge on any atom is 0.223 e. The van der Waals surface area contributed by atoms with Gasteiger partial charge >= 0.3 is 0 Å². The maximum atomic E-state index is 12.5. The van der Waals surface area contributed by atoms with Crippen molar-refractivity contribution >= 4 is 16.9 Å². The van der Waals surface area contributed by atoms with Crippen LogP contribution in [-0.4, -0.2) is 15.5 Å². The second kappa shape index (κ2) is 11.2. The van der Waals surface area contributed by atoms with Crippen molar-refractivity contribution in [1.82, 2.24) is 14.9 Å². The van der Waals surface area contributed by atoms with Crippen LogP contribution < -0.4 is 5.32 Å². The molecule has 1 amide bonds. The zero-order valence-electron chi connectivity index (χ0n) is 17.6. The van der Waals surface area contributed by atoms with Crippen molar-refractivity contribution in [2.45, 2.75) is 97.1 Å². The molecule has 1 saturated carbocycles. The van der Waals surface area contributed by atoms with Gasteiger partial charge in [-0.1, -0.05) is 76.8 Å². The largest absolute Gasteiger partial charge is 0.349 e. The van der Waals surface area contributed by atoms with Gasteiger partial charge in [-0.3, -0.25) is 4.79 Å². The third kappa shape index (κ3) is 5.83. The molecule has 0 saturated heterocycles. The number of fused-ring (bicyclic) bond motifs is 1. The van der Waals surface area contributed by atoms with E-state index < -0.39 is 0 Å². The number of aryl methyl sites for hydroxylation is 1. The number of hydrogen-bond donors (Lipinski definition) is 1. The molecule has 0 aliphatic heterocycles. The molecule has 154 valence electrons. The SMILES string of the molecule is CCCCCCCCCn1c(CNC(=O)C2CCCCC2)nc2ccccc21. The second-order valence-corrected chi connectivity index (χ2v) is 8.34. The summed E-state index contributed by atoms with van der Waals surface area (Å²) in [5.74, 6) is 1.42. The van der Waals surface area contributed by atoms with E-state index in [9.17, 15) is 4.79 Å². The minimum Gasteiger partial charge on any atom is -0.349 e. The Balaban J connectivity index is 1.56. The summed E-state index contributed by atoms with van der Waals surface area (Å²) < 4.78 is 2.32. The molecule has 1 aliphatic rings. The molecule has 1 aliphatic carbocycles. The average Bonchev–Trinajstić information content (AvgIpc) is 3.09. The summed E-state index contributed by atoms with van der Waals surface area (Å²) in [6, 6.07) is 8.34. The van der Waals surface area contributed by atoms with Crippen molar-refractivity contribution in [2.24, 2.45) is 5.92 Å². The van der Waals surface area contributed by atoms with E-state index in [0.717, 1.165) is 30.7 Å². The van der Waals surface area contributed by atoms with Gasteiger partial charge in [-0.15, -0.1) is 0 Å². The lowest BCUT2D eigenvalue weighted by molar-refractivity contribution is -0.126. The summed E-state index contributed by atoms with van der Waals surface area (Å²) in [6.45, 7) is 3.79. The van der Waals surface area contributed by atoms with Gasteiger partial charge in [0.15, 0.2) is 0 Å². The third-order valence-corrected chi connectivity index (χ3v) is 6.12. The number of aromatic nitrogens is 2. The molecule has 1 heterocycles. The molecule has 0 unspecified atom stereocenters. The normalized spacial score (nSPS) is 15.2. The van der Waals surface area contributed by atoms with Crippen LogP contribution in [0.1, 0.15) is 89.8 Å². The van der Waals surface area contributed by atoms with E-state index in [-0.39, 0.29) is 11.8 Å². The zero-order valence-corrected chi connectivity index (χ0v) is 17.6. The van der Waals surface area contributed by atoms with Gasteiger partial charge in [0.25, 0.3) is 0 Å². The van der Waals surface area contributed by atoms with E-state index in [1.165, 1.54) is 69.7 Å². The average molecular weight is 384 g/mol. The van der Waals surface area contributed by atoms with Crippen molar-refractivity contribution in [3.63, 3.8) is 0 Å². The Hall–Kier alpha value is -1.84. The molecular weight excluding hydrogens is 346 g/mol. The Labute approximate surface area is 170 Å². The number of carbonyl (C=O) groups excluding carboxylic acids is 1. The van der Waals surface area contributed by atoms with E-state index in [0.29, 0.717) is 6.54 Å². The van der Waals surface area contributed by atoms with Crippen molar-refractivity contribution in [2.75, 3.05) is 0 Å². The molecule has 3 rings (SSSR count). The Bertz CT molecular complexity index is 731. The van der Waals surface area contributed by atoms with Crippen molar-refractivity contribution in [1.29, 1.82) is 0 Å². The highest BCUT2D eigenvalue weighted by Gasteiger charge is 2.21. The van der Waals surface area contributed by atoms with Crippen LogP contribution in [0, 0.1) is 5.92 Å². The minimum absolute atomic E-state index is 0.203. The highest BCUT2D eigenvalue weighted by Crippen LogP contribution is 2.24. The number of nitrogens with zero attached hydrogens (tertiary/aromatic N) is 2. The quantitative estimate of drug-likeness (QED) is 0.485. The maximum absolute atomic E-state index is 12.5. The van der Waals surface area contributed by atoms with Crippen LogP contribution in [-0.2, 0) is 17.9 Å². The van der Waals surface area contributed by atoms with Gasteiger partial charge in [-0.25, -0.2) is 4.98 Å². The summed E-state index contributed by atoms with van der Waals surface area (Å²) in [6.07, 6.45) is 14.9. The molecule has 1 aromatic carbocycles. The molecule has 4 nitrogen and oxygen atoms in total. The molecule has 2 aromatic rings. The molecule has 4 heteroatoms. The van der Waals surface area contributed by atoms with Gasteiger partial charge in [-0.2, -0.15) is 0 Å². The fraction of sp³-hybridized carbons (Fsp3) is 0.667. The number of hydrogen-bond acceptors (Lipinski definition) is 2. The summed E-state index contributed by atoms with van der Waals surface area (Å²) in [7, 11) is 0. The van der Waals surface area contributed by atoms with Crippen LogP contribution in [0.5, 0.6) is 0 Å². The van der Waals surface area contributed by atoms with E-state index in [2.05, 4.69) is 35.0 Å². The number of benzene rings is 1. The van der Waals surface area contributed by atoms with Gasteiger partial charge in [0.2, 0.25) is 5.91 Å². The van der Waals surface area contributed by atoms with Gasteiger partial charge < -0.3 is 9.88 Å². The Morgan fingerprint density at radius 3 is 2.54 bits per heavy atom. The second-order valence-electron chi connectivity index (χ2n) is 8.34. The van der Waals surface area contributed by atoms with Crippen LogP contribution in [0.15, 0.2) is 24.3 Å². The fourth-order valence-electron chi connectivity index (χ4n) is 4.41. The molecular formula is C24H37N3O. The van der Waals surface area contributed by atoms with Crippen molar-refractivity contribution < 1.29 is 4.79 Å². The molecule has 0 spiro atoms. The molecule has 1 aromatic heterocycles. The predicted molar refractivity (Wildman–Crippen MR) is 116 cm³/mol. The first-order valence-electron chi connectivity index (χ1n) is 11.5. The highest BCUT2D eigenvalue weighted by molar-refractivity contribution is 5.79. The van der Waals surface area contributed by atoms with Crippen LogP contribution in [0.3, 0.4) is 0 Å². The van der Waals surface area contributed by atoms with Crippen molar-refractivity contribution in [3.8, 4) is 0 Å². The Morgan fingerprint density at radius 2 is 1.75 bits per heavy atom. The number of rotatable bonds is 11. The minimum atomic E-state index is 0.203. The smallest absolute Gasteiger partial charge is 0.223 e. The van der Waals surface area contributed by atoms with Gasteiger partial charge in [0.05, 0.1) is 17.6 Å². The number of amides is 1. The first-order chi connectivity index (χ1) is 13.8. The van der Waals surface area contributed by atoms with Crippen LogP contribution >= 0.6 is 0 Å². The number of carbonyl (C=O) groups is 1. The summed E-state index contributed by atoms with van der Waals surface area (Å²) >= 11 is 0. The van der Waals surface area contributed by atoms with Crippen molar-refractivity contribution in [3.05, 3.63) is 30.1 Å². The van der Waals surface area contributed by atoms with Gasteiger partial charge in [-0.05, 0) is 31.4 Å². The molecule has 1 N–H and O–H groups in total. The standard InChI is InChI=1S/C24H37N3O/c1-2-3-4-5-6-7-13-18-27-22-17-12-11-16-21(22)26-23(27)19-25-24(28)20-14-9-8-10-15-20/h11-12,16-17,20H,2-10,13-15,18-19H2,1H3,(H,25,28).